The Kier molecular flexibility index (Phi) is 5.97. The highest BCUT2D eigenvalue weighted by Gasteiger charge is 2.28. The molecule has 0 aliphatic rings. The van der Waals surface area contributed by atoms with Gasteiger partial charge in [-0.15, -0.1) is 11.6 Å². The van der Waals surface area contributed by atoms with Crippen LogP contribution >= 0.6 is 35.0 Å². The van der Waals surface area contributed by atoms with Crippen molar-refractivity contribution in [1.82, 2.24) is 0 Å². The molecule has 17 heavy (non-hydrogen) atoms. The van der Waals surface area contributed by atoms with Crippen LogP contribution in [0.1, 0.15) is 17.9 Å². The maximum atomic E-state index is 12.0. The quantitative estimate of drug-likeness (QED) is 0.665. The fourth-order valence-electron chi connectivity index (χ4n) is 1.38. The summed E-state index contributed by atoms with van der Waals surface area (Å²) in [6, 6.07) is 7.03. The first kappa shape index (κ1) is 15.0. The number of benzene rings is 1. The Morgan fingerprint density at radius 3 is 2.24 bits per heavy atom. The van der Waals surface area contributed by atoms with E-state index in [1.165, 1.54) is 0 Å². The summed E-state index contributed by atoms with van der Waals surface area (Å²) in [6.45, 7) is 0. The van der Waals surface area contributed by atoms with Gasteiger partial charge in [-0.1, -0.05) is 35.5 Å². The molecule has 0 aliphatic heterocycles. The van der Waals surface area contributed by atoms with Crippen molar-refractivity contribution in [2.45, 2.75) is 17.8 Å². The van der Waals surface area contributed by atoms with E-state index in [2.05, 4.69) is 0 Å². The van der Waals surface area contributed by atoms with Gasteiger partial charge in [0.2, 0.25) is 0 Å². The van der Waals surface area contributed by atoms with Crippen LogP contribution in [0.2, 0.25) is 5.02 Å². The van der Waals surface area contributed by atoms with Gasteiger partial charge in [0.1, 0.15) is 0 Å². The molecule has 96 valence electrons. The Morgan fingerprint density at radius 1 is 1.18 bits per heavy atom. The van der Waals surface area contributed by atoms with Gasteiger partial charge in [0.25, 0.3) is 0 Å². The number of hydrogen-bond acceptors (Lipinski definition) is 1. The van der Waals surface area contributed by atoms with Crippen LogP contribution < -0.4 is 0 Å². The molecular formula is C11H11Cl2F3S. The number of rotatable bonds is 5. The first-order valence-electron chi connectivity index (χ1n) is 4.94. The lowest BCUT2D eigenvalue weighted by Gasteiger charge is -2.14. The van der Waals surface area contributed by atoms with E-state index in [9.17, 15) is 13.2 Å². The van der Waals surface area contributed by atoms with E-state index in [0.717, 1.165) is 5.56 Å². The summed E-state index contributed by atoms with van der Waals surface area (Å²) >= 11 is 11.5. The first-order valence-corrected chi connectivity index (χ1v) is 6.84. The van der Waals surface area contributed by atoms with E-state index in [1.807, 2.05) is 0 Å². The van der Waals surface area contributed by atoms with Crippen molar-refractivity contribution in [2.75, 3.05) is 11.6 Å². The molecule has 1 rings (SSSR count). The Labute approximate surface area is 112 Å². The monoisotopic (exact) mass is 302 g/mol. The molecule has 1 unspecified atom stereocenters. The summed E-state index contributed by atoms with van der Waals surface area (Å²) in [6.07, 6.45) is 0.398. The lowest BCUT2D eigenvalue weighted by molar-refractivity contribution is -0.0328. The molecule has 0 saturated heterocycles. The smallest absolute Gasteiger partial charge is 0.160 e. The van der Waals surface area contributed by atoms with Gasteiger partial charge in [-0.2, -0.15) is 13.2 Å². The van der Waals surface area contributed by atoms with E-state index < -0.39 is 5.51 Å². The predicted octanol–water partition coefficient (Wildman–Crippen LogP) is 5.31. The number of halogens is 5. The second kappa shape index (κ2) is 6.76. The molecule has 0 aromatic heterocycles. The average molecular weight is 303 g/mol. The lowest BCUT2D eigenvalue weighted by atomic mass is 9.99. The molecule has 0 bridgehead atoms. The molecular weight excluding hydrogens is 292 g/mol. The van der Waals surface area contributed by atoms with Crippen LogP contribution in [-0.4, -0.2) is 17.1 Å². The van der Waals surface area contributed by atoms with Gasteiger partial charge in [-0.05, 0) is 30.0 Å². The minimum Gasteiger partial charge on any atom is -0.160 e. The highest BCUT2D eigenvalue weighted by Crippen LogP contribution is 2.33. The van der Waals surface area contributed by atoms with Crippen molar-refractivity contribution in [3.8, 4) is 0 Å². The summed E-state index contributed by atoms with van der Waals surface area (Å²) in [5, 5.41) is 0.603. The molecule has 0 heterocycles. The topological polar surface area (TPSA) is 0 Å². The number of alkyl halides is 4. The zero-order valence-electron chi connectivity index (χ0n) is 8.81. The lowest BCUT2D eigenvalue weighted by Crippen LogP contribution is -2.06. The summed E-state index contributed by atoms with van der Waals surface area (Å²) < 4.78 is 35.9. The van der Waals surface area contributed by atoms with E-state index in [0.29, 0.717) is 17.3 Å². The number of thioether (sulfide) groups is 1. The van der Waals surface area contributed by atoms with Crippen molar-refractivity contribution < 1.29 is 13.2 Å². The Morgan fingerprint density at radius 2 is 1.76 bits per heavy atom. The van der Waals surface area contributed by atoms with E-state index >= 15 is 0 Å². The summed E-state index contributed by atoms with van der Waals surface area (Å²) in [4.78, 5) is 0. The third-order valence-electron chi connectivity index (χ3n) is 2.26. The van der Waals surface area contributed by atoms with Crippen LogP contribution in [0.3, 0.4) is 0 Å². The Balaban J connectivity index is 2.51. The maximum absolute atomic E-state index is 12.0. The van der Waals surface area contributed by atoms with Gasteiger partial charge >= 0.3 is 5.51 Å². The molecule has 0 nitrogen and oxygen atoms in total. The molecule has 1 aromatic rings. The average Bonchev–Trinajstić information content (AvgIpc) is 2.24. The predicted molar refractivity (Wildman–Crippen MR) is 68.0 cm³/mol. The van der Waals surface area contributed by atoms with Crippen LogP contribution in [0, 0.1) is 0 Å². The first-order chi connectivity index (χ1) is 7.92. The number of hydrogen-bond donors (Lipinski definition) is 0. The molecule has 0 amide bonds. The molecule has 0 aliphatic carbocycles. The Bertz CT molecular complexity index is 338. The van der Waals surface area contributed by atoms with E-state index in [4.69, 9.17) is 23.2 Å². The third-order valence-corrected chi connectivity index (χ3v) is 3.65. The molecule has 6 heteroatoms. The normalized spacial score (nSPS) is 13.7. The van der Waals surface area contributed by atoms with Gasteiger partial charge in [-0.25, -0.2) is 0 Å². The second-order valence-electron chi connectivity index (χ2n) is 3.49. The zero-order chi connectivity index (χ0) is 12.9. The molecule has 0 N–H and O–H groups in total. The molecule has 1 atom stereocenters. The van der Waals surface area contributed by atoms with Crippen LogP contribution in [0.15, 0.2) is 24.3 Å². The molecule has 0 spiro atoms. The highest BCUT2D eigenvalue weighted by molar-refractivity contribution is 8.00. The van der Waals surface area contributed by atoms with Gasteiger partial charge in [0, 0.05) is 16.7 Å². The summed E-state index contributed by atoms with van der Waals surface area (Å²) in [5.41, 5.74) is -3.25. The van der Waals surface area contributed by atoms with E-state index in [-0.39, 0.29) is 23.4 Å². The molecule has 1 aromatic carbocycles. The fraction of sp³-hybridized carbons (Fsp3) is 0.455. The second-order valence-corrected chi connectivity index (χ2v) is 5.39. The molecule has 0 fully saturated rings. The Hall–Kier alpha value is -0.0600. The molecule has 0 radical (unpaired) electrons. The minimum atomic E-state index is -4.17. The minimum absolute atomic E-state index is 0.00962. The summed E-state index contributed by atoms with van der Waals surface area (Å²) in [7, 11) is 0. The van der Waals surface area contributed by atoms with Crippen LogP contribution in [0.5, 0.6) is 0 Å². The SMILES string of the molecule is FC(F)(F)SCCC(CCl)c1ccc(Cl)cc1. The zero-order valence-corrected chi connectivity index (χ0v) is 11.1. The third kappa shape index (κ3) is 5.89. The van der Waals surface area contributed by atoms with Gasteiger partial charge in [0.05, 0.1) is 0 Å². The van der Waals surface area contributed by atoms with Crippen LogP contribution in [0.25, 0.3) is 0 Å². The molecule has 0 saturated carbocycles. The van der Waals surface area contributed by atoms with E-state index in [1.54, 1.807) is 24.3 Å². The standard InChI is InChI=1S/C11H11Cl2F3S/c12-7-9(5-6-17-11(14,15)16)8-1-3-10(13)4-2-8/h1-4,9H,5-7H2. The fourth-order valence-corrected chi connectivity index (χ4v) is 2.48. The van der Waals surface area contributed by atoms with Crippen molar-refractivity contribution in [3.05, 3.63) is 34.9 Å². The van der Waals surface area contributed by atoms with Crippen molar-refractivity contribution in [1.29, 1.82) is 0 Å². The van der Waals surface area contributed by atoms with Crippen LogP contribution in [0.4, 0.5) is 13.2 Å². The van der Waals surface area contributed by atoms with Crippen LogP contribution in [-0.2, 0) is 0 Å². The van der Waals surface area contributed by atoms with Crippen molar-refractivity contribution >= 4 is 35.0 Å². The maximum Gasteiger partial charge on any atom is 0.441 e. The van der Waals surface area contributed by atoms with Gasteiger partial charge < -0.3 is 0 Å². The van der Waals surface area contributed by atoms with Crippen molar-refractivity contribution in [3.63, 3.8) is 0 Å². The van der Waals surface area contributed by atoms with Gasteiger partial charge in [0.15, 0.2) is 0 Å². The highest BCUT2D eigenvalue weighted by atomic mass is 35.5. The largest absolute Gasteiger partial charge is 0.441 e. The summed E-state index contributed by atoms with van der Waals surface area (Å²) in [5.74, 6) is 0.257. The van der Waals surface area contributed by atoms with Gasteiger partial charge in [-0.3, -0.25) is 0 Å². The van der Waals surface area contributed by atoms with Crippen molar-refractivity contribution in [2.24, 2.45) is 0 Å².